The number of rotatable bonds is 4. The molecule has 1 N–H and O–H groups in total. The van der Waals surface area contributed by atoms with Crippen molar-refractivity contribution in [2.45, 2.75) is 32.1 Å². The van der Waals surface area contributed by atoms with Crippen molar-refractivity contribution in [3.8, 4) is 0 Å². The summed E-state index contributed by atoms with van der Waals surface area (Å²) in [6, 6.07) is 5.59. The topological polar surface area (TPSA) is 49.4 Å². The van der Waals surface area contributed by atoms with E-state index in [0.717, 1.165) is 34.0 Å². The highest BCUT2D eigenvalue weighted by atomic mass is 127. The molecule has 1 saturated heterocycles. The number of halogens is 2. The molecular formula is C16H20BrIN2O2. The average Bonchev–Trinajstić information content (AvgIpc) is 2.78. The summed E-state index contributed by atoms with van der Waals surface area (Å²) in [4.78, 5) is 26.3. The van der Waals surface area contributed by atoms with E-state index in [0.29, 0.717) is 18.5 Å². The number of hydrogen-bond donors (Lipinski definition) is 1. The Kier molecular flexibility index (Phi) is 7.14. The van der Waals surface area contributed by atoms with Crippen LogP contribution in [0.1, 0.15) is 42.5 Å². The van der Waals surface area contributed by atoms with Crippen molar-refractivity contribution in [2.75, 3.05) is 19.6 Å². The van der Waals surface area contributed by atoms with Gasteiger partial charge in [0.25, 0.3) is 5.91 Å². The minimum Gasteiger partial charge on any atom is -0.351 e. The van der Waals surface area contributed by atoms with Gasteiger partial charge in [-0.1, -0.05) is 28.8 Å². The van der Waals surface area contributed by atoms with Gasteiger partial charge in [-0.05, 0) is 53.6 Å². The number of hydrogen-bond acceptors (Lipinski definition) is 2. The lowest BCUT2D eigenvalue weighted by atomic mass is 10.2. The van der Waals surface area contributed by atoms with Crippen molar-refractivity contribution in [2.24, 2.45) is 0 Å². The lowest BCUT2D eigenvalue weighted by molar-refractivity contribution is -0.131. The van der Waals surface area contributed by atoms with Crippen LogP contribution < -0.4 is 5.32 Å². The zero-order valence-corrected chi connectivity index (χ0v) is 16.2. The SMILES string of the molecule is O=C(NCCC(=O)N1CCCCCC1)c1cc(Br)ccc1I. The lowest BCUT2D eigenvalue weighted by Crippen LogP contribution is -2.35. The first-order chi connectivity index (χ1) is 10.6. The highest BCUT2D eigenvalue weighted by Gasteiger charge is 2.16. The first-order valence-corrected chi connectivity index (χ1v) is 9.46. The summed E-state index contributed by atoms with van der Waals surface area (Å²) in [5, 5.41) is 2.84. The van der Waals surface area contributed by atoms with Crippen LogP contribution in [0.15, 0.2) is 22.7 Å². The molecule has 2 rings (SSSR count). The number of benzene rings is 1. The summed E-state index contributed by atoms with van der Waals surface area (Å²) >= 11 is 5.51. The second-order valence-corrected chi connectivity index (χ2v) is 7.50. The Hall–Kier alpha value is -0.630. The molecule has 2 amide bonds. The van der Waals surface area contributed by atoms with Crippen molar-refractivity contribution < 1.29 is 9.59 Å². The molecule has 6 heteroatoms. The fourth-order valence-electron chi connectivity index (χ4n) is 2.53. The first-order valence-electron chi connectivity index (χ1n) is 7.59. The first kappa shape index (κ1) is 17.7. The number of amides is 2. The van der Waals surface area contributed by atoms with Crippen LogP contribution in [0.2, 0.25) is 0 Å². The molecule has 1 aromatic rings. The second kappa shape index (κ2) is 8.86. The van der Waals surface area contributed by atoms with Gasteiger partial charge in [0.15, 0.2) is 0 Å². The largest absolute Gasteiger partial charge is 0.351 e. The smallest absolute Gasteiger partial charge is 0.252 e. The van der Waals surface area contributed by atoms with Crippen LogP contribution >= 0.6 is 38.5 Å². The molecule has 22 heavy (non-hydrogen) atoms. The Labute approximate surface area is 153 Å². The molecule has 0 bridgehead atoms. The van der Waals surface area contributed by atoms with E-state index in [1.807, 2.05) is 17.0 Å². The Morgan fingerprint density at radius 2 is 1.86 bits per heavy atom. The maximum Gasteiger partial charge on any atom is 0.252 e. The van der Waals surface area contributed by atoms with Gasteiger partial charge in [0.2, 0.25) is 5.91 Å². The highest BCUT2D eigenvalue weighted by molar-refractivity contribution is 14.1. The summed E-state index contributed by atoms with van der Waals surface area (Å²) in [6.45, 7) is 2.10. The van der Waals surface area contributed by atoms with E-state index in [1.165, 1.54) is 12.8 Å². The van der Waals surface area contributed by atoms with Gasteiger partial charge in [-0.3, -0.25) is 9.59 Å². The monoisotopic (exact) mass is 478 g/mol. The Morgan fingerprint density at radius 3 is 2.55 bits per heavy atom. The molecule has 1 fully saturated rings. The van der Waals surface area contributed by atoms with Crippen LogP contribution in [0, 0.1) is 3.57 Å². The maximum absolute atomic E-state index is 12.2. The molecule has 0 aliphatic carbocycles. The van der Waals surface area contributed by atoms with Crippen molar-refractivity contribution in [3.05, 3.63) is 31.8 Å². The predicted octanol–water partition coefficient (Wildman–Crippen LogP) is 3.58. The van der Waals surface area contributed by atoms with Crippen LogP contribution in [-0.4, -0.2) is 36.3 Å². The molecule has 1 aromatic carbocycles. The van der Waals surface area contributed by atoms with Gasteiger partial charge in [0.1, 0.15) is 0 Å². The summed E-state index contributed by atoms with van der Waals surface area (Å²) in [5.41, 5.74) is 0.636. The van der Waals surface area contributed by atoms with E-state index in [9.17, 15) is 9.59 Å². The van der Waals surface area contributed by atoms with Crippen LogP contribution in [0.25, 0.3) is 0 Å². The summed E-state index contributed by atoms with van der Waals surface area (Å²) in [7, 11) is 0. The van der Waals surface area contributed by atoms with Gasteiger partial charge < -0.3 is 10.2 Å². The fourth-order valence-corrected chi connectivity index (χ4v) is 3.47. The number of nitrogens with zero attached hydrogens (tertiary/aromatic N) is 1. The third kappa shape index (κ3) is 5.22. The molecule has 1 heterocycles. The molecule has 0 radical (unpaired) electrons. The lowest BCUT2D eigenvalue weighted by Gasteiger charge is -2.20. The zero-order chi connectivity index (χ0) is 15.9. The van der Waals surface area contributed by atoms with Crippen molar-refractivity contribution in [1.82, 2.24) is 10.2 Å². The molecule has 4 nitrogen and oxygen atoms in total. The molecule has 0 saturated carbocycles. The molecule has 0 spiro atoms. The van der Waals surface area contributed by atoms with Crippen molar-refractivity contribution in [3.63, 3.8) is 0 Å². The molecule has 0 atom stereocenters. The molecule has 120 valence electrons. The number of carbonyl (C=O) groups excluding carboxylic acids is 2. The minimum atomic E-state index is -0.130. The summed E-state index contributed by atoms with van der Waals surface area (Å²) < 4.78 is 1.77. The van der Waals surface area contributed by atoms with Crippen LogP contribution in [-0.2, 0) is 4.79 Å². The van der Waals surface area contributed by atoms with E-state index in [-0.39, 0.29) is 11.8 Å². The molecule has 1 aliphatic heterocycles. The predicted molar refractivity (Wildman–Crippen MR) is 98.9 cm³/mol. The molecule has 1 aliphatic rings. The molecular weight excluding hydrogens is 459 g/mol. The zero-order valence-electron chi connectivity index (χ0n) is 12.4. The third-order valence-corrected chi connectivity index (χ3v) is 5.19. The van der Waals surface area contributed by atoms with E-state index in [2.05, 4.69) is 43.8 Å². The average molecular weight is 479 g/mol. The number of carbonyl (C=O) groups is 2. The Bertz CT molecular complexity index is 543. The van der Waals surface area contributed by atoms with E-state index in [4.69, 9.17) is 0 Å². The standard InChI is InChI=1S/C16H20BrIN2O2/c17-12-5-6-14(18)13(11-12)16(22)19-8-7-15(21)20-9-3-1-2-4-10-20/h5-6,11H,1-4,7-10H2,(H,19,22). The van der Waals surface area contributed by atoms with E-state index in [1.54, 1.807) is 6.07 Å². The summed E-state index contributed by atoms with van der Waals surface area (Å²) in [5.74, 6) is 0.0144. The van der Waals surface area contributed by atoms with Gasteiger partial charge in [0, 0.05) is 34.1 Å². The van der Waals surface area contributed by atoms with Crippen molar-refractivity contribution >= 4 is 50.3 Å². The van der Waals surface area contributed by atoms with Gasteiger partial charge in [-0.25, -0.2) is 0 Å². The fraction of sp³-hybridized carbons (Fsp3) is 0.500. The van der Waals surface area contributed by atoms with E-state index < -0.39 is 0 Å². The second-order valence-electron chi connectivity index (χ2n) is 5.43. The van der Waals surface area contributed by atoms with E-state index >= 15 is 0 Å². The van der Waals surface area contributed by atoms with Gasteiger partial charge >= 0.3 is 0 Å². The van der Waals surface area contributed by atoms with Crippen LogP contribution in [0.4, 0.5) is 0 Å². The quantitative estimate of drug-likeness (QED) is 0.672. The maximum atomic E-state index is 12.2. The molecule has 0 unspecified atom stereocenters. The van der Waals surface area contributed by atoms with Crippen molar-refractivity contribution in [1.29, 1.82) is 0 Å². The highest BCUT2D eigenvalue weighted by Crippen LogP contribution is 2.18. The normalized spacial score (nSPS) is 15.3. The van der Waals surface area contributed by atoms with Gasteiger partial charge in [-0.2, -0.15) is 0 Å². The number of nitrogens with one attached hydrogen (secondary N) is 1. The van der Waals surface area contributed by atoms with Crippen LogP contribution in [0.5, 0.6) is 0 Å². The summed E-state index contributed by atoms with van der Waals surface area (Å²) in [6.07, 6.45) is 4.97. The number of likely N-dealkylation sites (tertiary alicyclic amines) is 1. The minimum absolute atomic E-state index is 0.130. The Balaban J connectivity index is 1.81. The Morgan fingerprint density at radius 1 is 1.18 bits per heavy atom. The third-order valence-electron chi connectivity index (χ3n) is 3.76. The molecule has 0 aromatic heterocycles. The van der Waals surface area contributed by atoms with Gasteiger partial charge in [-0.15, -0.1) is 0 Å². The van der Waals surface area contributed by atoms with Crippen LogP contribution in [0.3, 0.4) is 0 Å². The van der Waals surface area contributed by atoms with Gasteiger partial charge in [0.05, 0.1) is 5.56 Å².